The molecule has 2 rings (SSSR count). The largest absolute Gasteiger partial charge is 0.463 e. The van der Waals surface area contributed by atoms with Crippen LogP contribution in [0.25, 0.3) is 0 Å². The van der Waals surface area contributed by atoms with Gasteiger partial charge in [-0.25, -0.2) is 0 Å². The molecule has 1 aliphatic rings. The smallest absolute Gasteiger partial charge is 0.317 e. The second-order valence-electron chi connectivity index (χ2n) is 8.36. The molecule has 6 heteroatoms. The maximum Gasteiger partial charge on any atom is 0.317 e. The van der Waals surface area contributed by atoms with Gasteiger partial charge in [-0.3, -0.25) is 14.4 Å². The van der Waals surface area contributed by atoms with Crippen molar-refractivity contribution in [3.05, 3.63) is 35.4 Å². The third-order valence-electron chi connectivity index (χ3n) is 4.94. The van der Waals surface area contributed by atoms with Gasteiger partial charge in [0.25, 0.3) is 0 Å². The van der Waals surface area contributed by atoms with Crippen molar-refractivity contribution >= 4 is 17.7 Å². The van der Waals surface area contributed by atoms with Gasteiger partial charge in [-0.05, 0) is 47.1 Å². The summed E-state index contributed by atoms with van der Waals surface area (Å²) in [5.41, 5.74) is -0.0108. The van der Waals surface area contributed by atoms with Crippen LogP contribution in [-0.4, -0.2) is 40.6 Å². The van der Waals surface area contributed by atoms with Gasteiger partial charge in [-0.2, -0.15) is 0 Å². The lowest BCUT2D eigenvalue weighted by Gasteiger charge is -2.44. The predicted molar refractivity (Wildman–Crippen MR) is 104 cm³/mol. The minimum atomic E-state index is -1.63. The van der Waals surface area contributed by atoms with Crippen LogP contribution in [0.4, 0.5) is 0 Å². The number of ether oxygens (including phenoxy) is 2. The highest BCUT2D eigenvalue weighted by Gasteiger charge is 2.57. The van der Waals surface area contributed by atoms with Crippen LogP contribution in [0.5, 0.6) is 0 Å². The quantitative estimate of drug-likeness (QED) is 0.614. The molecule has 1 N–H and O–H groups in total. The normalized spacial score (nSPS) is 27.8. The lowest BCUT2D eigenvalue weighted by molar-refractivity contribution is -0.176. The lowest BCUT2D eigenvalue weighted by atomic mass is 9.61. The van der Waals surface area contributed by atoms with Gasteiger partial charge in [-0.1, -0.05) is 29.8 Å². The number of hydrogen-bond acceptors (Lipinski definition) is 6. The van der Waals surface area contributed by atoms with E-state index < -0.39 is 47.2 Å². The molecule has 1 saturated carbocycles. The number of Topliss-reactive ketones (excluding diaryl/α,β-unsaturated/α-hetero) is 1. The Morgan fingerprint density at radius 3 is 2.04 bits per heavy atom. The molecule has 1 aromatic rings. The van der Waals surface area contributed by atoms with Gasteiger partial charge >= 0.3 is 11.9 Å². The monoisotopic (exact) mass is 390 g/mol. The van der Waals surface area contributed by atoms with E-state index in [1.807, 2.05) is 19.1 Å². The minimum absolute atomic E-state index is 0.314. The number of carbonyl (C=O) groups is 3. The van der Waals surface area contributed by atoms with Crippen molar-refractivity contribution in [2.75, 3.05) is 0 Å². The molecule has 0 saturated heterocycles. The van der Waals surface area contributed by atoms with E-state index in [-0.39, 0.29) is 12.5 Å². The highest BCUT2D eigenvalue weighted by Crippen LogP contribution is 2.47. The van der Waals surface area contributed by atoms with Crippen LogP contribution in [0.2, 0.25) is 0 Å². The maximum atomic E-state index is 12.9. The molecule has 1 aromatic carbocycles. The third-order valence-corrected chi connectivity index (χ3v) is 4.94. The molecule has 0 heterocycles. The zero-order valence-corrected chi connectivity index (χ0v) is 17.4. The van der Waals surface area contributed by atoms with Gasteiger partial charge in [0.15, 0.2) is 5.78 Å². The Morgan fingerprint density at radius 2 is 1.54 bits per heavy atom. The van der Waals surface area contributed by atoms with Crippen molar-refractivity contribution in [1.82, 2.24) is 0 Å². The topological polar surface area (TPSA) is 89.9 Å². The van der Waals surface area contributed by atoms with Crippen molar-refractivity contribution in [2.45, 2.75) is 71.7 Å². The van der Waals surface area contributed by atoms with E-state index in [9.17, 15) is 19.5 Å². The fraction of sp³-hybridized carbons (Fsp3) is 0.591. The molecule has 0 radical (unpaired) electrons. The zero-order chi connectivity index (χ0) is 21.2. The van der Waals surface area contributed by atoms with Crippen LogP contribution >= 0.6 is 0 Å². The summed E-state index contributed by atoms with van der Waals surface area (Å²) < 4.78 is 10.7. The molecule has 0 bridgehead atoms. The number of ketones is 1. The average molecular weight is 390 g/mol. The Kier molecular flexibility index (Phi) is 6.65. The van der Waals surface area contributed by atoms with Gasteiger partial charge in [0.05, 0.1) is 23.7 Å². The van der Waals surface area contributed by atoms with Crippen molar-refractivity contribution in [2.24, 2.45) is 11.8 Å². The molecular formula is C22H30O6. The molecule has 28 heavy (non-hydrogen) atoms. The minimum Gasteiger partial charge on any atom is -0.463 e. The van der Waals surface area contributed by atoms with Crippen LogP contribution in [0.1, 0.15) is 58.1 Å². The Balaban J connectivity index is 2.59. The van der Waals surface area contributed by atoms with Crippen molar-refractivity contribution in [3.8, 4) is 0 Å². The predicted octanol–water partition coefficient (Wildman–Crippen LogP) is 2.94. The molecule has 6 nitrogen and oxygen atoms in total. The van der Waals surface area contributed by atoms with E-state index in [4.69, 9.17) is 9.47 Å². The molecule has 0 spiro atoms. The summed E-state index contributed by atoms with van der Waals surface area (Å²) in [6.07, 6.45) is -1.10. The molecular weight excluding hydrogens is 360 g/mol. The standard InChI is InChI=1S/C22H30O6/c1-12(2)27-20(24)18-16(23)11-22(6,26)19(21(25)28-13(3)4)17(18)15-9-7-14(5)8-10-15/h7-10,12-13,17-19,26H,11H2,1-6H3/t17-,18+,19+,22+/m0/s1. The van der Waals surface area contributed by atoms with Crippen molar-refractivity contribution in [3.63, 3.8) is 0 Å². The zero-order valence-electron chi connectivity index (χ0n) is 17.4. The van der Waals surface area contributed by atoms with E-state index in [1.54, 1.807) is 39.8 Å². The summed E-state index contributed by atoms with van der Waals surface area (Å²) in [5, 5.41) is 11.0. The van der Waals surface area contributed by atoms with Gasteiger partial charge in [-0.15, -0.1) is 0 Å². The Hall–Kier alpha value is -2.21. The molecule has 1 fully saturated rings. The number of aliphatic hydroxyl groups is 1. The number of aryl methyl sites for hydroxylation is 1. The Bertz CT molecular complexity index is 724. The number of hydrogen-bond donors (Lipinski definition) is 1. The molecule has 0 amide bonds. The summed E-state index contributed by atoms with van der Waals surface area (Å²) in [5.74, 6) is -4.84. The lowest BCUT2D eigenvalue weighted by Crippen LogP contribution is -2.55. The molecule has 0 unspecified atom stereocenters. The fourth-order valence-corrected chi connectivity index (χ4v) is 3.82. The molecule has 1 aliphatic carbocycles. The first kappa shape index (κ1) is 22.1. The first-order valence-corrected chi connectivity index (χ1v) is 9.66. The SMILES string of the molecule is Cc1ccc([C@H]2[C@H](C(=O)OC(C)C)C(=O)C[C@@](C)(O)[C@H]2C(=O)OC(C)C)cc1. The first-order valence-electron chi connectivity index (χ1n) is 9.66. The first-order chi connectivity index (χ1) is 12.9. The summed E-state index contributed by atoms with van der Waals surface area (Å²) in [4.78, 5) is 38.6. The number of benzene rings is 1. The van der Waals surface area contributed by atoms with Gasteiger partial charge in [0, 0.05) is 12.3 Å². The summed E-state index contributed by atoms with van der Waals surface area (Å²) in [7, 11) is 0. The molecule has 0 aliphatic heterocycles. The summed E-state index contributed by atoms with van der Waals surface area (Å²) >= 11 is 0. The van der Waals surface area contributed by atoms with E-state index in [0.717, 1.165) is 5.56 Å². The second-order valence-corrected chi connectivity index (χ2v) is 8.36. The number of carbonyl (C=O) groups excluding carboxylic acids is 3. The highest BCUT2D eigenvalue weighted by molar-refractivity contribution is 6.02. The summed E-state index contributed by atoms with van der Waals surface area (Å²) in [6.45, 7) is 10.2. The molecule has 4 atom stereocenters. The van der Waals surface area contributed by atoms with Crippen LogP contribution in [0, 0.1) is 18.8 Å². The highest BCUT2D eigenvalue weighted by atomic mass is 16.5. The van der Waals surface area contributed by atoms with Crippen LogP contribution in [0.3, 0.4) is 0 Å². The molecule has 154 valence electrons. The molecule has 0 aromatic heterocycles. The van der Waals surface area contributed by atoms with Gasteiger partial charge < -0.3 is 14.6 Å². The van der Waals surface area contributed by atoms with E-state index in [2.05, 4.69) is 0 Å². The van der Waals surface area contributed by atoms with Gasteiger partial charge in [0.2, 0.25) is 0 Å². The van der Waals surface area contributed by atoms with Crippen molar-refractivity contribution in [1.29, 1.82) is 0 Å². The fourth-order valence-electron chi connectivity index (χ4n) is 3.82. The van der Waals surface area contributed by atoms with Crippen molar-refractivity contribution < 1.29 is 29.0 Å². The Labute approximate surface area is 166 Å². The van der Waals surface area contributed by atoms with E-state index in [0.29, 0.717) is 5.56 Å². The Morgan fingerprint density at radius 1 is 1.04 bits per heavy atom. The summed E-state index contributed by atoms with van der Waals surface area (Å²) in [6, 6.07) is 7.25. The number of esters is 2. The average Bonchev–Trinajstić information content (AvgIpc) is 2.52. The van der Waals surface area contributed by atoms with Crippen LogP contribution in [0.15, 0.2) is 24.3 Å². The number of rotatable bonds is 5. The maximum absolute atomic E-state index is 12.9. The van der Waals surface area contributed by atoms with E-state index in [1.165, 1.54) is 6.92 Å². The van der Waals surface area contributed by atoms with Crippen LogP contribution in [-0.2, 0) is 23.9 Å². The second kappa shape index (κ2) is 8.43. The van der Waals surface area contributed by atoms with Gasteiger partial charge in [0.1, 0.15) is 5.92 Å². The van der Waals surface area contributed by atoms with E-state index >= 15 is 0 Å². The third kappa shape index (κ3) is 4.79. The van der Waals surface area contributed by atoms with Crippen LogP contribution < -0.4 is 0 Å².